The summed E-state index contributed by atoms with van der Waals surface area (Å²) < 4.78 is 0. The van der Waals surface area contributed by atoms with Crippen LogP contribution in [0, 0.1) is 13.8 Å². The Bertz CT molecular complexity index is 650. The van der Waals surface area contributed by atoms with Gasteiger partial charge in [-0.25, -0.2) is 15.0 Å². The fourth-order valence-corrected chi connectivity index (χ4v) is 3.96. The normalized spacial score (nSPS) is 19.8. The summed E-state index contributed by atoms with van der Waals surface area (Å²) in [5.41, 5.74) is 2.12. The van der Waals surface area contributed by atoms with E-state index >= 15 is 0 Å². The first-order chi connectivity index (χ1) is 10.5. The second-order valence-corrected chi connectivity index (χ2v) is 7.58. The van der Waals surface area contributed by atoms with Gasteiger partial charge < -0.3 is 0 Å². The summed E-state index contributed by atoms with van der Waals surface area (Å²) in [4.78, 5) is 17.6. The van der Waals surface area contributed by atoms with Crippen molar-refractivity contribution < 1.29 is 0 Å². The van der Waals surface area contributed by atoms with Crippen LogP contribution in [0.15, 0.2) is 12.3 Å². The van der Waals surface area contributed by atoms with Gasteiger partial charge in [0.1, 0.15) is 16.5 Å². The maximum Gasteiger partial charge on any atom is 0.142 e. The molecule has 22 heavy (non-hydrogen) atoms. The molecule has 3 heterocycles. The van der Waals surface area contributed by atoms with Gasteiger partial charge in [0.2, 0.25) is 0 Å². The lowest BCUT2D eigenvalue weighted by Crippen LogP contribution is -2.39. The summed E-state index contributed by atoms with van der Waals surface area (Å²) >= 11 is 1.70. The molecule has 1 aliphatic rings. The number of hydrogen-bond acceptors (Lipinski definition) is 5. The standard InChI is InChI=1S/C17H24N4S/c1-11(2)21-8-6-5-7-16(21)14-9-15(20-13(4)19-14)17-18-10-12(3)22-17/h9-11,16H,5-8H2,1-4H3. The highest BCUT2D eigenvalue weighted by Crippen LogP contribution is 2.33. The average molecular weight is 316 g/mol. The van der Waals surface area contributed by atoms with Crippen LogP contribution >= 0.6 is 11.3 Å². The van der Waals surface area contributed by atoms with E-state index in [0.29, 0.717) is 12.1 Å². The fourth-order valence-electron chi connectivity index (χ4n) is 3.23. The zero-order valence-electron chi connectivity index (χ0n) is 13.8. The second kappa shape index (κ2) is 6.42. The predicted octanol–water partition coefficient (Wildman–Crippen LogP) is 4.15. The first-order valence-electron chi connectivity index (χ1n) is 8.08. The molecular formula is C17H24N4S. The number of aryl methyl sites for hydroxylation is 2. The first-order valence-corrected chi connectivity index (χ1v) is 8.90. The van der Waals surface area contributed by atoms with Gasteiger partial charge in [-0.15, -0.1) is 11.3 Å². The minimum atomic E-state index is 0.412. The van der Waals surface area contributed by atoms with Crippen LogP contribution in [0.2, 0.25) is 0 Å². The first kappa shape index (κ1) is 15.6. The highest BCUT2D eigenvalue weighted by molar-refractivity contribution is 7.14. The summed E-state index contributed by atoms with van der Waals surface area (Å²) in [5.74, 6) is 0.842. The molecule has 0 radical (unpaired) electrons. The molecule has 1 saturated heterocycles. The summed E-state index contributed by atoms with van der Waals surface area (Å²) in [6, 6.07) is 3.11. The molecule has 2 aromatic rings. The summed E-state index contributed by atoms with van der Waals surface area (Å²) in [6.45, 7) is 9.78. The van der Waals surface area contributed by atoms with Gasteiger partial charge in [0, 0.05) is 17.1 Å². The Morgan fingerprint density at radius 2 is 2.05 bits per heavy atom. The molecule has 1 aliphatic heterocycles. The number of hydrogen-bond donors (Lipinski definition) is 0. The molecule has 0 amide bonds. The number of aromatic nitrogens is 3. The Morgan fingerprint density at radius 1 is 1.23 bits per heavy atom. The Hall–Kier alpha value is -1.33. The van der Waals surface area contributed by atoms with E-state index in [9.17, 15) is 0 Å². The fraction of sp³-hybridized carbons (Fsp3) is 0.588. The van der Waals surface area contributed by atoms with Gasteiger partial charge in [0.25, 0.3) is 0 Å². The summed E-state index contributed by atoms with van der Waals surface area (Å²) in [6.07, 6.45) is 5.67. The molecule has 4 nitrogen and oxygen atoms in total. The van der Waals surface area contributed by atoms with Gasteiger partial charge in [0.15, 0.2) is 0 Å². The van der Waals surface area contributed by atoms with Crippen molar-refractivity contribution in [2.24, 2.45) is 0 Å². The van der Waals surface area contributed by atoms with E-state index in [1.165, 1.54) is 24.1 Å². The maximum atomic E-state index is 4.75. The highest BCUT2D eigenvalue weighted by Gasteiger charge is 2.27. The van der Waals surface area contributed by atoms with Gasteiger partial charge in [-0.2, -0.15) is 0 Å². The van der Waals surface area contributed by atoms with E-state index in [0.717, 1.165) is 28.8 Å². The largest absolute Gasteiger partial charge is 0.292 e. The molecule has 0 bridgehead atoms. The van der Waals surface area contributed by atoms with Crippen LogP contribution in [-0.4, -0.2) is 32.4 Å². The Kier molecular flexibility index (Phi) is 4.54. The third kappa shape index (κ3) is 3.20. The molecule has 118 valence electrons. The molecule has 5 heteroatoms. The van der Waals surface area contributed by atoms with Crippen molar-refractivity contribution in [2.45, 2.75) is 59.0 Å². The zero-order chi connectivity index (χ0) is 15.7. The molecule has 1 fully saturated rings. The lowest BCUT2D eigenvalue weighted by atomic mass is 9.97. The van der Waals surface area contributed by atoms with E-state index < -0.39 is 0 Å². The van der Waals surface area contributed by atoms with Crippen LogP contribution in [0.25, 0.3) is 10.7 Å². The Morgan fingerprint density at radius 3 is 2.73 bits per heavy atom. The second-order valence-electron chi connectivity index (χ2n) is 6.34. The van der Waals surface area contributed by atoms with E-state index in [-0.39, 0.29) is 0 Å². The van der Waals surface area contributed by atoms with Gasteiger partial charge in [-0.3, -0.25) is 4.90 Å². The quantitative estimate of drug-likeness (QED) is 0.853. The van der Waals surface area contributed by atoms with Crippen molar-refractivity contribution >= 4 is 11.3 Å². The number of nitrogens with zero attached hydrogens (tertiary/aromatic N) is 4. The number of thiazole rings is 1. The van der Waals surface area contributed by atoms with Crippen molar-refractivity contribution in [2.75, 3.05) is 6.54 Å². The van der Waals surface area contributed by atoms with Gasteiger partial charge in [-0.05, 0) is 53.1 Å². The third-order valence-electron chi connectivity index (χ3n) is 4.25. The summed E-state index contributed by atoms with van der Waals surface area (Å²) in [7, 11) is 0. The maximum absolute atomic E-state index is 4.75. The van der Waals surface area contributed by atoms with Gasteiger partial charge in [-0.1, -0.05) is 6.42 Å². The van der Waals surface area contributed by atoms with Crippen molar-refractivity contribution in [3.8, 4) is 10.7 Å². The van der Waals surface area contributed by atoms with Crippen molar-refractivity contribution in [1.29, 1.82) is 0 Å². The minimum absolute atomic E-state index is 0.412. The van der Waals surface area contributed by atoms with Gasteiger partial charge >= 0.3 is 0 Å². The Balaban J connectivity index is 1.98. The van der Waals surface area contributed by atoms with Gasteiger partial charge in [0.05, 0.1) is 11.7 Å². The SMILES string of the molecule is Cc1nc(-c2ncc(C)s2)cc(C2CCCCN2C(C)C)n1. The van der Waals surface area contributed by atoms with Crippen LogP contribution in [0.5, 0.6) is 0 Å². The lowest BCUT2D eigenvalue weighted by Gasteiger charge is -2.38. The van der Waals surface area contributed by atoms with Crippen molar-refractivity contribution in [3.63, 3.8) is 0 Å². The van der Waals surface area contributed by atoms with E-state index in [1.807, 2.05) is 13.1 Å². The molecule has 0 saturated carbocycles. The molecule has 3 rings (SSSR count). The number of likely N-dealkylation sites (tertiary alicyclic amines) is 1. The molecular weight excluding hydrogens is 292 g/mol. The van der Waals surface area contributed by atoms with E-state index in [1.54, 1.807) is 11.3 Å². The molecule has 0 aliphatic carbocycles. The molecule has 0 aromatic carbocycles. The molecule has 1 atom stereocenters. The topological polar surface area (TPSA) is 41.9 Å². The van der Waals surface area contributed by atoms with E-state index in [4.69, 9.17) is 4.98 Å². The number of rotatable bonds is 3. The molecule has 0 spiro atoms. The third-order valence-corrected chi connectivity index (χ3v) is 5.18. The van der Waals surface area contributed by atoms with Crippen molar-refractivity contribution in [1.82, 2.24) is 19.9 Å². The van der Waals surface area contributed by atoms with Crippen LogP contribution < -0.4 is 0 Å². The number of piperidine rings is 1. The minimum Gasteiger partial charge on any atom is -0.292 e. The molecule has 2 aromatic heterocycles. The monoisotopic (exact) mass is 316 g/mol. The van der Waals surface area contributed by atoms with Crippen LogP contribution in [0.4, 0.5) is 0 Å². The average Bonchev–Trinajstić information content (AvgIpc) is 2.93. The Labute approximate surface area is 136 Å². The van der Waals surface area contributed by atoms with Crippen molar-refractivity contribution in [3.05, 3.63) is 28.7 Å². The lowest BCUT2D eigenvalue weighted by molar-refractivity contribution is 0.109. The van der Waals surface area contributed by atoms with Crippen LogP contribution in [-0.2, 0) is 0 Å². The van der Waals surface area contributed by atoms with Crippen LogP contribution in [0.1, 0.15) is 55.5 Å². The van der Waals surface area contributed by atoms with E-state index in [2.05, 4.69) is 41.7 Å². The molecule has 0 N–H and O–H groups in total. The van der Waals surface area contributed by atoms with Crippen LogP contribution in [0.3, 0.4) is 0 Å². The zero-order valence-corrected chi connectivity index (χ0v) is 14.7. The highest BCUT2D eigenvalue weighted by atomic mass is 32.1. The smallest absolute Gasteiger partial charge is 0.142 e. The predicted molar refractivity (Wildman–Crippen MR) is 91.0 cm³/mol. The summed E-state index contributed by atoms with van der Waals surface area (Å²) in [5, 5.41) is 0.996. The molecule has 1 unspecified atom stereocenters.